The van der Waals surface area contributed by atoms with Crippen LogP contribution in [0.1, 0.15) is 5.69 Å². The van der Waals surface area contributed by atoms with Gasteiger partial charge in [0.1, 0.15) is 5.75 Å². The van der Waals surface area contributed by atoms with Gasteiger partial charge >= 0.3 is 0 Å². The molecular formula is C11H11N3O2S. The molecule has 0 spiro atoms. The first-order valence-electron chi connectivity index (χ1n) is 4.92. The second kappa shape index (κ2) is 4.84. The molecule has 1 aromatic heterocycles. The van der Waals surface area contributed by atoms with E-state index in [2.05, 4.69) is 10.3 Å². The molecule has 0 radical (unpaired) electrons. The Hall–Kier alpha value is -2.08. The van der Waals surface area contributed by atoms with E-state index in [1.807, 2.05) is 0 Å². The Labute approximate surface area is 102 Å². The van der Waals surface area contributed by atoms with Crippen LogP contribution in [-0.4, -0.2) is 16.0 Å². The van der Waals surface area contributed by atoms with Gasteiger partial charge in [-0.15, -0.1) is 11.3 Å². The van der Waals surface area contributed by atoms with Crippen LogP contribution in [0.5, 0.6) is 5.75 Å². The Morgan fingerprint density at radius 2 is 2.12 bits per heavy atom. The summed E-state index contributed by atoms with van der Waals surface area (Å²) in [6.45, 7) is 0. The van der Waals surface area contributed by atoms with Crippen LogP contribution in [0, 0.1) is 0 Å². The van der Waals surface area contributed by atoms with Crippen molar-refractivity contribution in [1.82, 2.24) is 4.98 Å². The number of rotatable bonds is 3. The van der Waals surface area contributed by atoms with Gasteiger partial charge in [-0.3, -0.25) is 4.79 Å². The van der Waals surface area contributed by atoms with Crippen LogP contribution in [0.4, 0.5) is 10.8 Å². The first-order chi connectivity index (χ1) is 8.13. The summed E-state index contributed by atoms with van der Waals surface area (Å²) in [5.74, 6) is -0.00346. The molecular weight excluding hydrogens is 238 g/mol. The molecule has 17 heavy (non-hydrogen) atoms. The van der Waals surface area contributed by atoms with Crippen molar-refractivity contribution >= 4 is 28.1 Å². The van der Waals surface area contributed by atoms with Crippen molar-refractivity contribution in [2.75, 3.05) is 11.1 Å². The lowest BCUT2D eigenvalue weighted by molar-refractivity contribution is -0.115. The van der Waals surface area contributed by atoms with Gasteiger partial charge in [-0.1, -0.05) is 0 Å². The van der Waals surface area contributed by atoms with E-state index in [0.29, 0.717) is 16.5 Å². The van der Waals surface area contributed by atoms with Crippen molar-refractivity contribution in [1.29, 1.82) is 0 Å². The van der Waals surface area contributed by atoms with E-state index >= 15 is 0 Å². The molecule has 1 heterocycles. The minimum Gasteiger partial charge on any atom is -0.508 e. The van der Waals surface area contributed by atoms with E-state index in [1.165, 1.54) is 23.5 Å². The van der Waals surface area contributed by atoms with Gasteiger partial charge < -0.3 is 16.2 Å². The van der Waals surface area contributed by atoms with Gasteiger partial charge in [0.15, 0.2) is 5.13 Å². The van der Waals surface area contributed by atoms with Crippen molar-refractivity contribution in [2.24, 2.45) is 0 Å². The maximum atomic E-state index is 11.6. The first-order valence-corrected chi connectivity index (χ1v) is 5.80. The third kappa shape index (κ3) is 3.18. The van der Waals surface area contributed by atoms with E-state index in [4.69, 9.17) is 10.8 Å². The summed E-state index contributed by atoms with van der Waals surface area (Å²) in [4.78, 5) is 15.6. The number of hydrogen-bond donors (Lipinski definition) is 3. The molecule has 0 aliphatic rings. The molecule has 0 aliphatic carbocycles. The lowest BCUT2D eigenvalue weighted by Gasteiger charge is -2.03. The number of carbonyl (C=O) groups excluding carboxylic acids is 1. The molecule has 2 rings (SSSR count). The van der Waals surface area contributed by atoms with Crippen LogP contribution >= 0.6 is 11.3 Å². The number of thiazole rings is 1. The van der Waals surface area contributed by atoms with Gasteiger partial charge in [0.05, 0.1) is 12.1 Å². The lowest BCUT2D eigenvalue weighted by Crippen LogP contribution is -2.14. The summed E-state index contributed by atoms with van der Waals surface area (Å²) in [6, 6.07) is 6.28. The van der Waals surface area contributed by atoms with E-state index in [0.717, 1.165) is 0 Å². The van der Waals surface area contributed by atoms with Crippen molar-refractivity contribution < 1.29 is 9.90 Å². The Kier molecular flexibility index (Phi) is 3.24. The number of phenolic OH excluding ortho intramolecular Hbond substituents is 1. The minimum atomic E-state index is -0.166. The molecule has 0 unspecified atom stereocenters. The number of benzene rings is 1. The van der Waals surface area contributed by atoms with E-state index in [9.17, 15) is 4.79 Å². The van der Waals surface area contributed by atoms with Crippen molar-refractivity contribution in [3.05, 3.63) is 35.3 Å². The molecule has 0 saturated heterocycles. The average molecular weight is 249 g/mol. The Balaban J connectivity index is 1.95. The molecule has 6 heteroatoms. The topological polar surface area (TPSA) is 88.2 Å². The van der Waals surface area contributed by atoms with Crippen LogP contribution in [0.2, 0.25) is 0 Å². The SMILES string of the molecule is Nc1nc(CC(=O)Nc2ccc(O)cc2)cs1. The summed E-state index contributed by atoms with van der Waals surface area (Å²) in [5.41, 5.74) is 6.76. The predicted molar refractivity (Wildman–Crippen MR) is 67.0 cm³/mol. The molecule has 1 aromatic carbocycles. The molecule has 2 aromatic rings. The number of nitrogen functional groups attached to an aromatic ring is 1. The fraction of sp³-hybridized carbons (Fsp3) is 0.0909. The third-order valence-electron chi connectivity index (χ3n) is 2.06. The van der Waals surface area contributed by atoms with Gasteiger partial charge in [0, 0.05) is 11.1 Å². The fourth-order valence-corrected chi connectivity index (χ4v) is 1.88. The molecule has 0 aliphatic heterocycles. The maximum Gasteiger partial charge on any atom is 0.230 e. The number of hydrogen-bond acceptors (Lipinski definition) is 5. The quantitative estimate of drug-likeness (QED) is 0.721. The van der Waals surface area contributed by atoms with Crippen molar-refractivity contribution in [2.45, 2.75) is 6.42 Å². The zero-order valence-corrected chi connectivity index (χ0v) is 9.70. The summed E-state index contributed by atoms with van der Waals surface area (Å²) in [5, 5.41) is 14.0. The zero-order valence-electron chi connectivity index (χ0n) is 8.88. The maximum absolute atomic E-state index is 11.6. The number of anilines is 2. The Morgan fingerprint density at radius 3 is 2.71 bits per heavy atom. The molecule has 5 nitrogen and oxygen atoms in total. The van der Waals surface area contributed by atoms with Crippen LogP contribution in [0.15, 0.2) is 29.6 Å². The molecule has 0 bridgehead atoms. The highest BCUT2D eigenvalue weighted by molar-refractivity contribution is 7.13. The molecule has 0 saturated carbocycles. The van der Waals surface area contributed by atoms with Crippen molar-refractivity contribution in [3.8, 4) is 5.75 Å². The standard InChI is InChI=1S/C11H11N3O2S/c12-11-14-8(6-17-11)5-10(16)13-7-1-3-9(15)4-2-7/h1-4,6,15H,5H2,(H2,12,14)(H,13,16). The lowest BCUT2D eigenvalue weighted by atomic mass is 10.2. The highest BCUT2D eigenvalue weighted by Crippen LogP contribution is 2.15. The third-order valence-corrected chi connectivity index (χ3v) is 2.78. The van der Waals surface area contributed by atoms with Gasteiger partial charge in [0.25, 0.3) is 0 Å². The number of aromatic nitrogens is 1. The highest BCUT2D eigenvalue weighted by Gasteiger charge is 2.06. The molecule has 1 amide bonds. The Bertz CT molecular complexity index is 522. The number of amides is 1. The zero-order chi connectivity index (χ0) is 12.3. The largest absolute Gasteiger partial charge is 0.508 e. The first kappa shape index (κ1) is 11.4. The van der Waals surface area contributed by atoms with Crippen LogP contribution in [0.25, 0.3) is 0 Å². The van der Waals surface area contributed by atoms with E-state index in [-0.39, 0.29) is 18.1 Å². The average Bonchev–Trinajstić information content (AvgIpc) is 2.67. The number of nitrogens with one attached hydrogen (secondary N) is 1. The van der Waals surface area contributed by atoms with Crippen molar-refractivity contribution in [3.63, 3.8) is 0 Å². The second-order valence-corrected chi connectivity index (χ2v) is 4.34. The molecule has 0 fully saturated rings. The van der Waals surface area contributed by atoms with Gasteiger partial charge in [-0.2, -0.15) is 0 Å². The van der Waals surface area contributed by atoms with Crippen LogP contribution < -0.4 is 11.1 Å². The van der Waals surface area contributed by atoms with Crippen LogP contribution in [-0.2, 0) is 11.2 Å². The monoisotopic (exact) mass is 249 g/mol. The van der Waals surface area contributed by atoms with Crippen LogP contribution in [0.3, 0.4) is 0 Å². The van der Waals surface area contributed by atoms with Gasteiger partial charge in [-0.05, 0) is 24.3 Å². The molecule has 0 atom stereocenters. The number of carbonyl (C=O) groups is 1. The summed E-state index contributed by atoms with van der Waals surface area (Å²) >= 11 is 1.31. The van der Waals surface area contributed by atoms with Gasteiger partial charge in [0.2, 0.25) is 5.91 Å². The summed E-state index contributed by atoms with van der Waals surface area (Å²) in [6.07, 6.45) is 0.189. The number of aromatic hydroxyl groups is 1. The van der Waals surface area contributed by atoms with E-state index in [1.54, 1.807) is 17.5 Å². The summed E-state index contributed by atoms with van der Waals surface area (Å²) < 4.78 is 0. The number of phenols is 1. The molecule has 88 valence electrons. The smallest absolute Gasteiger partial charge is 0.230 e. The van der Waals surface area contributed by atoms with E-state index < -0.39 is 0 Å². The minimum absolute atomic E-state index is 0.162. The fourth-order valence-electron chi connectivity index (χ4n) is 1.32. The van der Waals surface area contributed by atoms with Gasteiger partial charge in [-0.25, -0.2) is 4.98 Å². The normalized spacial score (nSPS) is 10.1. The number of nitrogens with zero attached hydrogens (tertiary/aromatic N) is 1. The number of nitrogens with two attached hydrogens (primary N) is 1. The Morgan fingerprint density at radius 1 is 1.41 bits per heavy atom. The molecule has 4 N–H and O–H groups in total. The predicted octanol–water partition coefficient (Wildman–Crippen LogP) is 1.61. The summed E-state index contributed by atoms with van der Waals surface area (Å²) in [7, 11) is 0. The highest BCUT2D eigenvalue weighted by atomic mass is 32.1. The second-order valence-electron chi connectivity index (χ2n) is 3.45.